The number of amides is 5. The number of hydrogen-bond donors (Lipinski definition) is 2. The van der Waals surface area contributed by atoms with Crippen molar-refractivity contribution in [1.29, 1.82) is 0 Å². The molecular weight excluding hydrogens is 704 g/mol. The molecule has 0 radical (unpaired) electrons. The number of imidazole rings is 1. The first kappa shape index (κ1) is 37.4. The van der Waals surface area contributed by atoms with Crippen molar-refractivity contribution in [3.8, 4) is 16.9 Å². The molecule has 2 N–H and O–H groups in total. The molecule has 8 rings (SSSR count). The maximum Gasteiger partial charge on any atom is 0.329 e. The number of rotatable bonds is 6. The average molecular weight is 751 g/mol. The summed E-state index contributed by atoms with van der Waals surface area (Å²) in [5, 5.41) is 3.00. The van der Waals surface area contributed by atoms with Gasteiger partial charge in [0.25, 0.3) is 5.91 Å². The van der Waals surface area contributed by atoms with E-state index in [0.717, 1.165) is 61.5 Å². The number of piperidine rings is 2. The second kappa shape index (κ2) is 15.8. The number of ether oxygens (including phenoxy) is 1. The number of carbonyl (C=O) groups is 4. The number of methoxy groups -OCH3 is 1. The predicted molar refractivity (Wildman–Crippen MR) is 209 cm³/mol. The van der Waals surface area contributed by atoms with Crippen LogP contribution in [0.5, 0.6) is 5.75 Å². The van der Waals surface area contributed by atoms with E-state index in [4.69, 9.17) is 4.74 Å². The topological polar surface area (TPSA) is 136 Å². The Hall–Kier alpha value is -5.92. The van der Waals surface area contributed by atoms with Crippen LogP contribution >= 0.6 is 0 Å². The normalized spacial score (nSPS) is 16.6. The van der Waals surface area contributed by atoms with Crippen molar-refractivity contribution < 1.29 is 28.3 Å². The molecule has 0 aliphatic carbocycles. The number of anilines is 2. The van der Waals surface area contributed by atoms with E-state index in [1.54, 1.807) is 51.4 Å². The van der Waals surface area contributed by atoms with Crippen molar-refractivity contribution in [3.05, 3.63) is 78.0 Å². The Labute approximate surface area is 319 Å². The number of fused-ring (bicyclic) bond motifs is 2. The third kappa shape index (κ3) is 7.58. The average Bonchev–Trinajstić information content (AvgIpc) is 3.85. The monoisotopic (exact) mass is 750 g/mol. The van der Waals surface area contributed by atoms with Crippen LogP contribution in [-0.4, -0.2) is 102 Å². The summed E-state index contributed by atoms with van der Waals surface area (Å²) in [5.41, 5.74) is 5.14. The fourth-order valence-electron chi connectivity index (χ4n) is 7.84. The maximum atomic E-state index is 14.8. The van der Waals surface area contributed by atoms with Gasteiger partial charge in [0.2, 0.25) is 11.8 Å². The number of pyridine rings is 1. The number of nitrogens with zero attached hydrogens (tertiary/aromatic N) is 6. The van der Waals surface area contributed by atoms with Crippen LogP contribution < -0.4 is 19.9 Å². The van der Waals surface area contributed by atoms with Crippen LogP contribution in [0.3, 0.4) is 0 Å². The van der Waals surface area contributed by atoms with Crippen molar-refractivity contribution in [1.82, 2.24) is 29.5 Å². The molecule has 3 fully saturated rings. The van der Waals surface area contributed by atoms with E-state index in [1.807, 2.05) is 33.7 Å². The molecule has 5 aromatic rings. The van der Waals surface area contributed by atoms with Gasteiger partial charge in [-0.3, -0.25) is 29.0 Å². The van der Waals surface area contributed by atoms with Crippen LogP contribution in [0, 0.1) is 5.82 Å². The molecule has 6 heterocycles. The molecule has 5 amide bonds. The minimum absolute atomic E-state index is 0.230. The van der Waals surface area contributed by atoms with Gasteiger partial charge in [-0.05, 0) is 79.5 Å². The van der Waals surface area contributed by atoms with Crippen LogP contribution in [0.2, 0.25) is 0 Å². The maximum absolute atomic E-state index is 14.8. The Kier molecular flexibility index (Phi) is 10.8. The van der Waals surface area contributed by atoms with Crippen LogP contribution in [0.15, 0.2) is 60.9 Å². The number of carbonyl (C=O) groups excluding carboxylic acids is 4. The molecule has 0 spiro atoms. The van der Waals surface area contributed by atoms with Crippen LogP contribution in [0.1, 0.15) is 67.4 Å². The van der Waals surface area contributed by atoms with E-state index in [2.05, 4.69) is 32.3 Å². The Bertz CT molecular complexity index is 2250. The summed E-state index contributed by atoms with van der Waals surface area (Å²) in [7, 11) is 4.95. The highest BCUT2D eigenvalue weighted by Gasteiger charge is 2.29. The quantitative estimate of drug-likeness (QED) is 0.212. The molecule has 0 bridgehead atoms. The summed E-state index contributed by atoms with van der Waals surface area (Å²) in [6.07, 6.45) is 9.33. The van der Waals surface area contributed by atoms with Gasteiger partial charge in [-0.1, -0.05) is 18.2 Å². The summed E-state index contributed by atoms with van der Waals surface area (Å²) in [4.78, 5) is 62.3. The lowest BCUT2D eigenvalue weighted by atomic mass is 9.87. The van der Waals surface area contributed by atoms with E-state index in [9.17, 15) is 23.6 Å². The highest BCUT2D eigenvalue weighted by atomic mass is 19.1. The molecule has 3 aliphatic rings. The third-order valence-electron chi connectivity index (χ3n) is 10.8. The fourth-order valence-corrected chi connectivity index (χ4v) is 7.84. The second-order valence-electron chi connectivity index (χ2n) is 14.5. The van der Waals surface area contributed by atoms with E-state index in [-0.39, 0.29) is 29.7 Å². The summed E-state index contributed by atoms with van der Waals surface area (Å²) in [5.74, 6) is 0.936. The number of aromatic amines is 1. The van der Waals surface area contributed by atoms with Gasteiger partial charge in [0.15, 0.2) is 5.65 Å². The lowest BCUT2D eigenvalue weighted by Crippen LogP contribution is -2.50. The molecule has 55 heavy (non-hydrogen) atoms. The van der Waals surface area contributed by atoms with Crippen LogP contribution in [0.25, 0.3) is 27.7 Å². The van der Waals surface area contributed by atoms with Gasteiger partial charge < -0.3 is 24.4 Å². The highest BCUT2D eigenvalue weighted by molar-refractivity contribution is 6.05. The Morgan fingerprint density at radius 2 is 1.69 bits per heavy atom. The summed E-state index contributed by atoms with van der Waals surface area (Å²) < 4.78 is 22.5. The van der Waals surface area contributed by atoms with Gasteiger partial charge in [0.05, 0.1) is 24.5 Å². The standard InChI is InChI=1S/C34H34FN7O4.C7H13NO/c1-39(2)33(44)26-18-24-22(8-9-25(35)31(24)37-26)23-7-6-21(17-28(23)46-3)20-10-14-40(15-11-20)27-5-4-13-41-30(19-36-32(27)41)42-16-12-29(43)38-34(42)45;1-7(9)8-5-3-2-4-6-8/h4-9,13,17-20,37H,10-12,14-16H2,1-3H3,(H,38,43,45);2-6H2,1H3. The Morgan fingerprint density at radius 1 is 0.945 bits per heavy atom. The molecule has 0 saturated carbocycles. The minimum Gasteiger partial charge on any atom is -0.496 e. The zero-order valence-corrected chi connectivity index (χ0v) is 31.7. The molecule has 3 saturated heterocycles. The number of imide groups is 1. The number of benzene rings is 2. The molecule has 0 atom stereocenters. The van der Waals surface area contributed by atoms with Crippen molar-refractivity contribution in [2.24, 2.45) is 0 Å². The van der Waals surface area contributed by atoms with Crippen molar-refractivity contribution >= 4 is 51.8 Å². The van der Waals surface area contributed by atoms with Crippen LogP contribution in [0.4, 0.5) is 20.7 Å². The SMILES string of the molecule is CC(=O)N1CCCCC1.COc1cc(C2CCN(c3cccn4c(N5CCC(=O)NC5=O)cnc34)CC2)ccc1-c1ccc(F)c2[nH]c(C(=O)N(C)C)cc12. The van der Waals surface area contributed by atoms with Gasteiger partial charge in [0.1, 0.15) is 23.1 Å². The zero-order chi connectivity index (χ0) is 38.8. The lowest BCUT2D eigenvalue weighted by molar-refractivity contribution is -0.129. The highest BCUT2D eigenvalue weighted by Crippen LogP contribution is 2.40. The number of aromatic nitrogens is 3. The Morgan fingerprint density at radius 3 is 2.36 bits per heavy atom. The van der Waals surface area contributed by atoms with Gasteiger partial charge in [-0.15, -0.1) is 0 Å². The molecule has 288 valence electrons. The largest absolute Gasteiger partial charge is 0.496 e. The first-order chi connectivity index (χ1) is 26.5. The van der Waals surface area contributed by atoms with Gasteiger partial charge in [-0.2, -0.15) is 0 Å². The van der Waals surface area contributed by atoms with Gasteiger partial charge in [0, 0.05) is 77.3 Å². The second-order valence-corrected chi connectivity index (χ2v) is 14.5. The minimum atomic E-state index is -0.438. The lowest BCUT2D eigenvalue weighted by Gasteiger charge is -2.34. The molecule has 14 heteroatoms. The van der Waals surface area contributed by atoms with E-state index >= 15 is 0 Å². The smallest absolute Gasteiger partial charge is 0.329 e. The van der Waals surface area contributed by atoms with Gasteiger partial charge in [-0.25, -0.2) is 14.2 Å². The summed E-state index contributed by atoms with van der Waals surface area (Å²) in [6, 6.07) is 14.6. The van der Waals surface area contributed by atoms with Crippen molar-refractivity contribution in [2.45, 2.75) is 51.4 Å². The zero-order valence-electron chi connectivity index (χ0n) is 31.7. The van der Waals surface area contributed by atoms with Gasteiger partial charge >= 0.3 is 6.03 Å². The molecule has 3 aliphatic heterocycles. The molecule has 0 unspecified atom stereocenters. The fraction of sp³-hybridized carbons (Fsp3) is 0.390. The summed E-state index contributed by atoms with van der Waals surface area (Å²) in [6.45, 7) is 5.56. The number of H-pyrrole nitrogens is 1. The van der Waals surface area contributed by atoms with Crippen molar-refractivity contribution in [3.63, 3.8) is 0 Å². The van der Waals surface area contributed by atoms with Crippen LogP contribution in [-0.2, 0) is 9.59 Å². The number of nitrogens with one attached hydrogen (secondary N) is 2. The van der Waals surface area contributed by atoms with E-state index in [0.29, 0.717) is 35.1 Å². The number of hydrogen-bond acceptors (Lipinski definition) is 7. The van der Waals surface area contributed by atoms with E-state index < -0.39 is 11.8 Å². The molecule has 13 nitrogen and oxygen atoms in total. The first-order valence-electron chi connectivity index (χ1n) is 18.8. The predicted octanol–water partition coefficient (Wildman–Crippen LogP) is 6.18. The third-order valence-corrected chi connectivity index (χ3v) is 10.8. The number of likely N-dealkylation sites (tertiary alicyclic amines) is 1. The number of halogens is 1. The number of urea groups is 1. The van der Waals surface area contributed by atoms with Crippen molar-refractivity contribution in [2.75, 3.05) is 63.7 Å². The Balaban J connectivity index is 0.000000455. The summed E-state index contributed by atoms with van der Waals surface area (Å²) >= 11 is 0. The first-order valence-corrected chi connectivity index (χ1v) is 18.8. The molecule has 3 aromatic heterocycles. The molecular formula is C41H47FN8O5. The molecule has 2 aromatic carbocycles. The van der Waals surface area contributed by atoms with E-state index in [1.165, 1.54) is 35.8 Å².